The zero-order valence-corrected chi connectivity index (χ0v) is 20.0. The molecule has 0 unspecified atom stereocenters. The quantitative estimate of drug-likeness (QED) is 0.458. The summed E-state index contributed by atoms with van der Waals surface area (Å²) in [5.41, 5.74) is 9.36. The molecule has 0 spiro atoms. The molecule has 4 N–H and O–H groups in total. The topological polar surface area (TPSA) is 125 Å². The van der Waals surface area contributed by atoms with Crippen molar-refractivity contribution in [3.05, 3.63) is 47.2 Å². The molecule has 0 aromatic carbocycles. The lowest BCUT2D eigenvalue weighted by atomic mass is 9.98. The number of aromatic nitrogens is 3. The first kappa shape index (κ1) is 24.4. The van der Waals surface area contributed by atoms with Crippen LogP contribution >= 0.6 is 0 Å². The summed E-state index contributed by atoms with van der Waals surface area (Å²) in [6.45, 7) is 2.17. The highest BCUT2D eigenvalue weighted by atomic mass is 16.6. The second kappa shape index (κ2) is 11.0. The van der Waals surface area contributed by atoms with Crippen molar-refractivity contribution >= 4 is 11.8 Å². The molecule has 0 radical (unpaired) electrons. The lowest BCUT2D eigenvalue weighted by Gasteiger charge is -2.24. The molecule has 0 aliphatic heterocycles. The van der Waals surface area contributed by atoms with Gasteiger partial charge in [-0.3, -0.25) is 4.68 Å². The fourth-order valence-corrected chi connectivity index (χ4v) is 3.81. The molecule has 1 fully saturated rings. The molecule has 0 bridgehead atoms. The lowest BCUT2D eigenvalue weighted by molar-refractivity contribution is 0.110. The molecular formula is C23H35N7O3. The number of pyridine rings is 1. The van der Waals surface area contributed by atoms with Crippen LogP contribution < -0.4 is 16.3 Å². The van der Waals surface area contributed by atoms with Crippen LogP contribution in [0.5, 0.6) is 5.75 Å². The van der Waals surface area contributed by atoms with Gasteiger partial charge in [-0.1, -0.05) is 6.42 Å². The van der Waals surface area contributed by atoms with Crippen LogP contribution in [-0.4, -0.2) is 57.6 Å². The average Bonchev–Trinajstić information content (AvgIpc) is 3.19. The van der Waals surface area contributed by atoms with E-state index in [1.165, 1.54) is 29.2 Å². The number of rotatable bonds is 8. The van der Waals surface area contributed by atoms with E-state index < -0.39 is 6.09 Å². The first-order valence-corrected chi connectivity index (χ1v) is 11.2. The summed E-state index contributed by atoms with van der Waals surface area (Å²) in [7, 11) is 5.12. The zero-order chi connectivity index (χ0) is 24.0. The van der Waals surface area contributed by atoms with Crippen LogP contribution in [0.25, 0.3) is 5.70 Å². The van der Waals surface area contributed by atoms with Gasteiger partial charge in [-0.15, -0.1) is 0 Å². The monoisotopic (exact) mass is 457 g/mol. The van der Waals surface area contributed by atoms with Gasteiger partial charge in [-0.25, -0.2) is 15.6 Å². The van der Waals surface area contributed by atoms with Crippen LogP contribution in [0.2, 0.25) is 0 Å². The van der Waals surface area contributed by atoms with Crippen molar-refractivity contribution in [3.63, 3.8) is 0 Å². The molecule has 10 heteroatoms. The van der Waals surface area contributed by atoms with Crippen molar-refractivity contribution in [2.45, 2.75) is 51.7 Å². The van der Waals surface area contributed by atoms with Gasteiger partial charge in [0.15, 0.2) is 0 Å². The number of hydrogen-bond acceptors (Lipinski definition) is 8. The van der Waals surface area contributed by atoms with E-state index in [-0.39, 0.29) is 12.7 Å². The molecule has 1 aliphatic rings. The van der Waals surface area contributed by atoms with Crippen molar-refractivity contribution in [2.24, 2.45) is 18.6 Å². The summed E-state index contributed by atoms with van der Waals surface area (Å²) in [4.78, 5) is 18.5. The number of likely N-dealkylation sites (N-methyl/N-ethyl adjacent to an activating group) is 1. The molecule has 10 nitrogen and oxygen atoms in total. The number of nitrogens with zero attached hydrogens (tertiary/aromatic N) is 5. The Bertz CT molecular complexity index is 980. The van der Waals surface area contributed by atoms with E-state index in [9.17, 15) is 4.79 Å². The summed E-state index contributed by atoms with van der Waals surface area (Å²) in [6.07, 6.45) is 7.25. The third-order valence-electron chi connectivity index (χ3n) is 5.86. The van der Waals surface area contributed by atoms with Gasteiger partial charge in [0.25, 0.3) is 0 Å². The molecule has 0 saturated heterocycles. The molecule has 2 aromatic rings. The minimum Gasteiger partial charge on any atom is -0.489 e. The van der Waals surface area contributed by atoms with Gasteiger partial charge in [-0.2, -0.15) is 5.10 Å². The number of carbonyl (C=O) groups excluding carboxylic acids is 1. The van der Waals surface area contributed by atoms with Crippen LogP contribution in [0.3, 0.4) is 0 Å². The summed E-state index contributed by atoms with van der Waals surface area (Å²) < 4.78 is 13.3. The molecule has 1 saturated carbocycles. The molecule has 0 atom stereocenters. The Balaban J connectivity index is 1.67. The second-order valence-electron chi connectivity index (χ2n) is 8.49. The molecule has 1 amide bonds. The fourth-order valence-electron chi connectivity index (χ4n) is 3.81. The predicted octanol–water partition coefficient (Wildman–Crippen LogP) is 2.54. The van der Waals surface area contributed by atoms with Gasteiger partial charge >= 0.3 is 6.09 Å². The SMILES string of the molecule is Cc1nc(/C(N)=C(\COC(=O)N(C)Cc2ccnn2C)N(C)N)ccc1OC1CCCCC1. The van der Waals surface area contributed by atoms with E-state index in [4.69, 9.17) is 21.1 Å². The third kappa shape index (κ3) is 6.38. The largest absolute Gasteiger partial charge is 0.489 e. The van der Waals surface area contributed by atoms with E-state index in [1.54, 1.807) is 31.0 Å². The molecular weight excluding hydrogens is 422 g/mol. The van der Waals surface area contributed by atoms with Crippen molar-refractivity contribution in [1.29, 1.82) is 0 Å². The van der Waals surface area contributed by atoms with E-state index in [0.29, 0.717) is 23.6 Å². The molecule has 33 heavy (non-hydrogen) atoms. The van der Waals surface area contributed by atoms with Crippen LogP contribution in [-0.2, 0) is 18.3 Å². The van der Waals surface area contributed by atoms with Gasteiger partial charge in [0.05, 0.1) is 41.1 Å². The highest BCUT2D eigenvalue weighted by molar-refractivity contribution is 5.68. The van der Waals surface area contributed by atoms with Crippen LogP contribution in [0.4, 0.5) is 4.79 Å². The van der Waals surface area contributed by atoms with Gasteiger partial charge in [0, 0.05) is 27.3 Å². The Morgan fingerprint density at radius 2 is 1.94 bits per heavy atom. The number of amides is 1. The summed E-state index contributed by atoms with van der Waals surface area (Å²) in [5, 5.41) is 5.44. The molecule has 1 aliphatic carbocycles. The third-order valence-corrected chi connectivity index (χ3v) is 5.86. The highest BCUT2D eigenvalue weighted by Crippen LogP contribution is 2.26. The minimum atomic E-state index is -0.497. The smallest absolute Gasteiger partial charge is 0.410 e. The van der Waals surface area contributed by atoms with Crippen molar-refractivity contribution in [2.75, 3.05) is 20.7 Å². The zero-order valence-electron chi connectivity index (χ0n) is 20.0. The summed E-state index contributed by atoms with van der Waals surface area (Å²) >= 11 is 0. The van der Waals surface area contributed by atoms with E-state index in [2.05, 4.69) is 10.1 Å². The van der Waals surface area contributed by atoms with Crippen LogP contribution in [0, 0.1) is 6.92 Å². The Morgan fingerprint density at radius 3 is 2.55 bits per heavy atom. The first-order chi connectivity index (χ1) is 15.8. The van der Waals surface area contributed by atoms with Gasteiger partial charge < -0.3 is 25.1 Å². The van der Waals surface area contributed by atoms with Crippen molar-refractivity contribution in [1.82, 2.24) is 24.7 Å². The standard InChI is InChI=1S/C23H35N7O3/c1-16-21(33-18-8-6-5-7-9-18)11-10-19(27-16)22(24)20(29(3)25)15-32-23(31)28(2)14-17-12-13-26-30(17)4/h10-13,18H,5-9,14-15,24-25H2,1-4H3/b22-20-. The predicted molar refractivity (Wildman–Crippen MR) is 126 cm³/mol. The number of carbonyl (C=O) groups is 1. The number of hydrogen-bond donors (Lipinski definition) is 2. The lowest BCUT2D eigenvalue weighted by Crippen LogP contribution is -2.34. The van der Waals surface area contributed by atoms with Crippen molar-refractivity contribution in [3.8, 4) is 5.75 Å². The first-order valence-electron chi connectivity index (χ1n) is 11.2. The number of hydrazine groups is 1. The summed E-state index contributed by atoms with van der Waals surface area (Å²) in [5.74, 6) is 6.75. The summed E-state index contributed by atoms with van der Waals surface area (Å²) in [6, 6.07) is 5.54. The van der Waals surface area contributed by atoms with Crippen LogP contribution in [0.15, 0.2) is 30.1 Å². The Labute approximate surface area is 195 Å². The highest BCUT2D eigenvalue weighted by Gasteiger charge is 2.19. The number of nitrogens with two attached hydrogens (primary N) is 2. The Hall–Kier alpha value is -3.27. The maximum absolute atomic E-state index is 12.5. The van der Waals surface area contributed by atoms with Crippen LogP contribution in [0.1, 0.15) is 49.2 Å². The molecule has 2 heterocycles. The maximum atomic E-state index is 12.5. The van der Waals surface area contributed by atoms with Gasteiger partial charge in [0.2, 0.25) is 0 Å². The molecule has 2 aromatic heterocycles. The fraction of sp³-hybridized carbons (Fsp3) is 0.522. The Morgan fingerprint density at radius 1 is 1.21 bits per heavy atom. The van der Waals surface area contributed by atoms with E-state index in [0.717, 1.165) is 30.0 Å². The van der Waals surface area contributed by atoms with Gasteiger partial charge in [0.1, 0.15) is 12.4 Å². The molecule has 180 valence electrons. The van der Waals surface area contributed by atoms with Crippen molar-refractivity contribution < 1.29 is 14.3 Å². The van der Waals surface area contributed by atoms with E-state index in [1.807, 2.05) is 26.1 Å². The van der Waals surface area contributed by atoms with E-state index >= 15 is 0 Å². The Kier molecular flexibility index (Phi) is 8.16. The van der Waals surface area contributed by atoms with Gasteiger partial charge in [-0.05, 0) is 50.8 Å². The minimum absolute atomic E-state index is 0.0888. The average molecular weight is 458 g/mol. The maximum Gasteiger partial charge on any atom is 0.410 e. The second-order valence-corrected chi connectivity index (χ2v) is 8.49. The number of ether oxygens (including phenoxy) is 2. The number of aryl methyl sites for hydroxylation is 2. The molecule has 3 rings (SSSR count). The normalized spacial score (nSPS) is 15.1.